The Labute approximate surface area is 232 Å². The second kappa shape index (κ2) is 13.5. The second-order valence-electron chi connectivity index (χ2n) is 9.17. The van der Waals surface area contributed by atoms with E-state index in [0.29, 0.717) is 37.7 Å². The van der Waals surface area contributed by atoms with Crippen molar-refractivity contribution >= 4 is 42.9 Å². The number of hydrogen-bond acceptors (Lipinski definition) is 10. The van der Waals surface area contributed by atoms with Gasteiger partial charge in [0.05, 0.1) is 49.2 Å². The van der Waals surface area contributed by atoms with E-state index in [2.05, 4.69) is 41.0 Å². The first kappa shape index (κ1) is 28.5. The standard InChI is InChI=1S/C26H32BN9O4/c1-16(33-22(37)15-32-27)25(38)31-12-17-2-4-18(5-3-17)19-14-30-24(28)23(34-19)26(39)35-20-13-29-7-6-21(20)36-8-10-40-11-9-36/h2-7,13-14,16,32H,8-12,15,27H2,1H3,(H2,28,30)(H,31,38)(H,33,37)(H,35,39)/t16-/m0/s1. The van der Waals surface area contributed by atoms with Crippen LogP contribution in [-0.2, 0) is 20.9 Å². The Morgan fingerprint density at radius 2 is 1.88 bits per heavy atom. The topological polar surface area (TPSA) is 176 Å². The molecule has 1 aromatic carbocycles. The van der Waals surface area contributed by atoms with Gasteiger partial charge in [-0.3, -0.25) is 19.4 Å². The highest BCUT2D eigenvalue weighted by atomic mass is 16.5. The van der Waals surface area contributed by atoms with Crippen LogP contribution in [0.2, 0.25) is 0 Å². The highest BCUT2D eigenvalue weighted by Crippen LogP contribution is 2.26. The number of hydrogen-bond donors (Lipinski definition) is 5. The minimum absolute atomic E-state index is 0.0000665. The smallest absolute Gasteiger partial charge is 0.278 e. The Balaban J connectivity index is 1.41. The largest absolute Gasteiger partial charge is 0.382 e. The van der Waals surface area contributed by atoms with Crippen molar-refractivity contribution < 1.29 is 19.1 Å². The molecule has 3 amide bonds. The molecule has 0 saturated carbocycles. The number of morpholine rings is 1. The predicted octanol–water partition coefficient (Wildman–Crippen LogP) is -0.532. The summed E-state index contributed by atoms with van der Waals surface area (Å²) in [6.45, 7) is 4.66. The Hall–Kier alpha value is -4.56. The SMILES string of the molecule is BNCC(=O)N[C@@H](C)C(=O)NCc1ccc(-c2cnc(N)c(C(=O)Nc3cnccc3N3CCOCC3)n2)cc1. The van der Waals surface area contributed by atoms with Gasteiger partial charge in [0.15, 0.2) is 19.5 Å². The number of amides is 3. The van der Waals surface area contributed by atoms with E-state index in [-0.39, 0.29) is 36.4 Å². The lowest BCUT2D eigenvalue weighted by atomic mass is 10.1. The molecule has 40 heavy (non-hydrogen) atoms. The molecule has 0 spiro atoms. The van der Waals surface area contributed by atoms with Gasteiger partial charge < -0.3 is 36.5 Å². The maximum absolute atomic E-state index is 13.2. The van der Waals surface area contributed by atoms with Crippen LogP contribution >= 0.6 is 0 Å². The van der Waals surface area contributed by atoms with Gasteiger partial charge in [-0.1, -0.05) is 24.3 Å². The summed E-state index contributed by atoms with van der Waals surface area (Å²) < 4.78 is 5.43. The zero-order chi connectivity index (χ0) is 28.5. The highest BCUT2D eigenvalue weighted by molar-refractivity contribution is 6.07. The third kappa shape index (κ3) is 7.30. The summed E-state index contributed by atoms with van der Waals surface area (Å²) in [5.74, 6) is -1.04. The third-order valence-corrected chi connectivity index (χ3v) is 6.24. The number of carbonyl (C=O) groups is 3. The Kier molecular flexibility index (Phi) is 9.59. The lowest BCUT2D eigenvalue weighted by Gasteiger charge is -2.30. The van der Waals surface area contributed by atoms with E-state index in [0.717, 1.165) is 16.8 Å². The predicted molar refractivity (Wildman–Crippen MR) is 153 cm³/mol. The number of aromatic nitrogens is 3. The molecule has 1 aliphatic heterocycles. The summed E-state index contributed by atoms with van der Waals surface area (Å²) in [7, 11) is 1.66. The number of nitrogens with one attached hydrogen (secondary N) is 4. The molecule has 1 fully saturated rings. The van der Waals surface area contributed by atoms with Gasteiger partial charge in [-0.2, -0.15) is 0 Å². The highest BCUT2D eigenvalue weighted by Gasteiger charge is 2.20. The molecule has 13 nitrogen and oxygen atoms in total. The number of carbonyl (C=O) groups excluding carboxylic acids is 3. The fourth-order valence-corrected chi connectivity index (χ4v) is 4.10. The van der Waals surface area contributed by atoms with E-state index in [9.17, 15) is 14.4 Å². The Morgan fingerprint density at radius 1 is 1.12 bits per heavy atom. The molecule has 3 heterocycles. The van der Waals surface area contributed by atoms with Crippen LogP contribution in [0.5, 0.6) is 0 Å². The quantitative estimate of drug-likeness (QED) is 0.208. The molecule has 0 aliphatic carbocycles. The van der Waals surface area contributed by atoms with Gasteiger partial charge in [0, 0.05) is 31.4 Å². The van der Waals surface area contributed by atoms with E-state index in [4.69, 9.17) is 10.5 Å². The Morgan fingerprint density at radius 3 is 2.60 bits per heavy atom. The van der Waals surface area contributed by atoms with E-state index in [1.807, 2.05) is 30.3 Å². The van der Waals surface area contributed by atoms with Gasteiger partial charge in [-0.15, -0.1) is 0 Å². The minimum atomic E-state index is -0.661. The molecule has 4 rings (SSSR count). The summed E-state index contributed by atoms with van der Waals surface area (Å²) in [6, 6.07) is 8.49. The van der Waals surface area contributed by atoms with Crippen molar-refractivity contribution in [1.29, 1.82) is 0 Å². The van der Waals surface area contributed by atoms with Gasteiger partial charge in [0.1, 0.15) is 6.04 Å². The Bertz CT molecular complexity index is 1350. The molecule has 3 aromatic rings. The third-order valence-electron chi connectivity index (χ3n) is 6.24. The number of nitrogens with two attached hydrogens (primary N) is 1. The van der Waals surface area contributed by atoms with Crippen LogP contribution in [0.25, 0.3) is 11.3 Å². The fraction of sp³-hybridized carbons (Fsp3) is 0.308. The molecule has 2 aromatic heterocycles. The van der Waals surface area contributed by atoms with E-state index < -0.39 is 11.9 Å². The van der Waals surface area contributed by atoms with Crippen LogP contribution in [0.1, 0.15) is 23.0 Å². The summed E-state index contributed by atoms with van der Waals surface area (Å²) in [6.07, 6.45) is 4.76. The van der Waals surface area contributed by atoms with Crippen LogP contribution in [0, 0.1) is 0 Å². The van der Waals surface area contributed by atoms with Crippen molar-refractivity contribution in [1.82, 2.24) is 30.8 Å². The number of rotatable bonds is 10. The first-order valence-corrected chi connectivity index (χ1v) is 12.9. The summed E-state index contributed by atoms with van der Waals surface area (Å²) in [4.78, 5) is 52.1. The molecular weight excluding hydrogens is 513 g/mol. The lowest BCUT2D eigenvalue weighted by Crippen LogP contribution is -2.46. The summed E-state index contributed by atoms with van der Waals surface area (Å²) >= 11 is 0. The van der Waals surface area contributed by atoms with E-state index >= 15 is 0 Å². The maximum Gasteiger partial charge on any atom is 0.278 e. The molecule has 1 atom stereocenters. The van der Waals surface area contributed by atoms with E-state index in [1.165, 1.54) is 6.20 Å². The molecule has 1 aliphatic rings. The first-order chi connectivity index (χ1) is 19.4. The molecular formula is C26H32BN9O4. The molecule has 6 N–H and O–H groups in total. The molecule has 14 heteroatoms. The zero-order valence-electron chi connectivity index (χ0n) is 22.4. The van der Waals surface area contributed by atoms with E-state index in [1.54, 1.807) is 27.3 Å². The maximum atomic E-state index is 13.2. The summed E-state index contributed by atoms with van der Waals surface area (Å²) in [5.41, 5.74) is 9.44. The minimum Gasteiger partial charge on any atom is -0.382 e. The van der Waals surface area contributed by atoms with Gasteiger partial charge in [-0.05, 0) is 18.6 Å². The number of nitrogens with zero attached hydrogens (tertiary/aromatic N) is 4. The zero-order valence-corrected chi connectivity index (χ0v) is 22.4. The number of benzene rings is 1. The lowest BCUT2D eigenvalue weighted by molar-refractivity contribution is -0.128. The van der Waals surface area contributed by atoms with Gasteiger partial charge >= 0.3 is 0 Å². The molecule has 0 unspecified atom stereocenters. The molecule has 0 bridgehead atoms. The van der Waals surface area contributed by atoms with Gasteiger partial charge in [0.25, 0.3) is 5.91 Å². The van der Waals surface area contributed by atoms with Gasteiger partial charge in [0.2, 0.25) is 11.8 Å². The second-order valence-corrected chi connectivity index (χ2v) is 9.17. The number of anilines is 3. The van der Waals surface area contributed by atoms with Crippen molar-refractivity contribution in [3.8, 4) is 11.3 Å². The summed E-state index contributed by atoms with van der Waals surface area (Å²) in [5, 5.41) is 11.0. The monoisotopic (exact) mass is 545 g/mol. The molecule has 0 radical (unpaired) electrons. The van der Waals surface area contributed by atoms with Crippen molar-refractivity contribution in [2.45, 2.75) is 19.5 Å². The van der Waals surface area contributed by atoms with Crippen LogP contribution in [0.3, 0.4) is 0 Å². The average Bonchev–Trinajstić information content (AvgIpc) is 2.97. The van der Waals surface area contributed by atoms with Crippen LogP contribution < -0.4 is 31.8 Å². The molecule has 208 valence electrons. The average molecular weight is 545 g/mol. The fourth-order valence-electron chi connectivity index (χ4n) is 4.10. The van der Waals surface area contributed by atoms with Crippen molar-refractivity contribution in [2.75, 3.05) is 48.8 Å². The number of pyridine rings is 1. The number of ether oxygens (including phenoxy) is 1. The van der Waals surface area contributed by atoms with Crippen molar-refractivity contribution in [3.63, 3.8) is 0 Å². The van der Waals surface area contributed by atoms with Crippen molar-refractivity contribution in [3.05, 3.63) is 60.2 Å². The van der Waals surface area contributed by atoms with Crippen molar-refractivity contribution in [2.24, 2.45) is 0 Å². The molecule has 1 saturated heterocycles. The normalized spacial score (nSPS) is 13.8. The van der Waals surface area contributed by atoms with Crippen LogP contribution in [-0.4, -0.2) is 79.5 Å². The van der Waals surface area contributed by atoms with Gasteiger partial charge in [-0.25, -0.2) is 9.97 Å². The first-order valence-electron chi connectivity index (χ1n) is 12.9. The number of nitrogen functional groups attached to an aromatic ring is 1. The van der Waals surface area contributed by atoms with Crippen LogP contribution in [0.15, 0.2) is 48.9 Å². The van der Waals surface area contributed by atoms with Crippen LogP contribution in [0.4, 0.5) is 17.2 Å².